The second-order valence-corrected chi connectivity index (χ2v) is 3.30. The van der Waals surface area contributed by atoms with Crippen molar-refractivity contribution in [1.29, 1.82) is 0 Å². The lowest BCUT2D eigenvalue weighted by atomic mass is 10.2. The second-order valence-electron chi connectivity index (χ2n) is 3.30. The molecule has 4 nitrogen and oxygen atoms in total. The summed E-state index contributed by atoms with van der Waals surface area (Å²) < 4.78 is 33.7. The minimum atomic E-state index is -1.59. The van der Waals surface area contributed by atoms with Crippen LogP contribution in [0.15, 0.2) is 29.2 Å². The zero-order valence-corrected chi connectivity index (χ0v) is 7.99. The molecule has 1 atom stereocenters. The van der Waals surface area contributed by atoms with Crippen LogP contribution in [0, 0.1) is 0 Å². The summed E-state index contributed by atoms with van der Waals surface area (Å²) in [6.45, 7) is -1.16. The molecule has 78 valence electrons. The van der Waals surface area contributed by atoms with E-state index >= 15 is 0 Å². The molecule has 0 saturated carbocycles. The molecular weight excluding hydrogens is 192 g/mol. The first-order chi connectivity index (χ1) is 8.53. The molecule has 3 rings (SSSR count). The number of rotatable bonds is 1. The highest BCUT2D eigenvalue weighted by Gasteiger charge is 2.26. The number of ether oxygens (including phenoxy) is 2. The molecule has 0 amide bonds. The fourth-order valence-corrected chi connectivity index (χ4v) is 1.58. The summed E-state index contributed by atoms with van der Waals surface area (Å²) in [5.74, 6) is 1.56. The molecule has 0 bridgehead atoms. The molecule has 1 aromatic rings. The van der Waals surface area contributed by atoms with Crippen molar-refractivity contribution in [3.05, 3.63) is 24.2 Å². The average Bonchev–Trinajstić information content (AvgIpc) is 2.69. The molecular formula is C11H12N2O2. The third-order valence-electron chi connectivity index (χ3n) is 2.30. The van der Waals surface area contributed by atoms with Gasteiger partial charge in [0.1, 0.15) is 12.4 Å². The predicted molar refractivity (Wildman–Crippen MR) is 56.7 cm³/mol. The maximum atomic E-state index is 7.53. The maximum absolute atomic E-state index is 7.53. The fourth-order valence-electron chi connectivity index (χ4n) is 1.58. The van der Waals surface area contributed by atoms with Gasteiger partial charge in [-0.05, 0) is 12.1 Å². The molecule has 2 aliphatic heterocycles. The molecule has 0 radical (unpaired) electrons. The number of nitrogens with one attached hydrogen (secondary N) is 1. The molecule has 1 unspecified atom stereocenters. The van der Waals surface area contributed by atoms with Gasteiger partial charge in [-0.2, -0.15) is 0 Å². The van der Waals surface area contributed by atoms with Gasteiger partial charge in [-0.25, -0.2) is 0 Å². The number of aliphatic imine (C=N–C) groups is 1. The van der Waals surface area contributed by atoms with Gasteiger partial charge in [0.15, 0.2) is 17.6 Å². The lowest BCUT2D eigenvalue weighted by Crippen LogP contribution is -2.42. The van der Waals surface area contributed by atoms with Gasteiger partial charge in [-0.15, -0.1) is 0 Å². The highest BCUT2D eigenvalue weighted by molar-refractivity contribution is 5.88. The Bertz CT molecular complexity index is 519. The number of hydrogen-bond donors (Lipinski definition) is 1. The van der Waals surface area contributed by atoms with Gasteiger partial charge in [0.2, 0.25) is 0 Å². The van der Waals surface area contributed by atoms with Crippen molar-refractivity contribution in [3.63, 3.8) is 0 Å². The van der Waals surface area contributed by atoms with Crippen molar-refractivity contribution < 1.29 is 13.6 Å². The normalized spacial score (nSPS) is 29.5. The number of fused-ring (bicyclic) bond motifs is 1. The number of benzene rings is 1. The number of nitrogens with zero attached hydrogens (tertiary/aromatic N) is 1. The van der Waals surface area contributed by atoms with E-state index in [4.69, 9.17) is 13.6 Å². The smallest absolute Gasteiger partial charge is 0.189 e. The van der Waals surface area contributed by atoms with Gasteiger partial charge in [-0.3, -0.25) is 4.99 Å². The number of amidine groups is 1. The Morgan fingerprint density at radius 3 is 3.40 bits per heavy atom. The van der Waals surface area contributed by atoms with Crippen LogP contribution in [0.3, 0.4) is 0 Å². The van der Waals surface area contributed by atoms with Crippen molar-refractivity contribution in [2.45, 2.75) is 6.10 Å². The topological polar surface area (TPSA) is 42.8 Å². The second kappa shape index (κ2) is 3.46. The largest absolute Gasteiger partial charge is 0.485 e. The van der Waals surface area contributed by atoms with Crippen molar-refractivity contribution in [2.75, 3.05) is 19.6 Å². The summed E-state index contributed by atoms with van der Waals surface area (Å²) in [5.41, 5.74) is 0. The molecule has 2 aliphatic rings. The molecule has 15 heavy (non-hydrogen) atoms. The van der Waals surface area contributed by atoms with Crippen molar-refractivity contribution in [3.8, 4) is 11.5 Å². The summed E-state index contributed by atoms with van der Waals surface area (Å²) in [4.78, 5) is 3.93. The van der Waals surface area contributed by atoms with Crippen LogP contribution in [0.4, 0.5) is 0 Å². The summed E-state index contributed by atoms with van der Waals surface area (Å²) in [6, 6.07) is 5.24. The van der Waals surface area contributed by atoms with Gasteiger partial charge < -0.3 is 14.8 Å². The molecule has 1 aromatic carbocycles. The van der Waals surface area contributed by atoms with E-state index in [0.717, 1.165) is 0 Å². The van der Waals surface area contributed by atoms with E-state index < -0.39 is 12.6 Å². The van der Waals surface area contributed by atoms with E-state index in [-0.39, 0.29) is 13.2 Å². The molecule has 4 heteroatoms. The van der Waals surface area contributed by atoms with Crippen molar-refractivity contribution in [2.24, 2.45) is 4.99 Å². The van der Waals surface area contributed by atoms with Gasteiger partial charge >= 0.3 is 0 Å². The summed E-state index contributed by atoms with van der Waals surface area (Å²) in [7, 11) is 0. The fraction of sp³-hybridized carbons (Fsp3) is 0.364. The standard InChI is InChI=1S/C11H12N2O2/c1-2-4-9-8(3-1)14-7-10(15-9)11-12-5-6-13-11/h1-4,10H,5-7H2,(H,12,13)/i2D,5D2. The van der Waals surface area contributed by atoms with Crippen molar-refractivity contribution in [1.82, 2.24) is 5.32 Å². The Labute approximate surface area is 92.1 Å². The van der Waals surface area contributed by atoms with Crippen LogP contribution in [-0.4, -0.2) is 31.6 Å². The minimum Gasteiger partial charge on any atom is -0.485 e. The van der Waals surface area contributed by atoms with E-state index in [1.807, 2.05) is 0 Å². The minimum absolute atomic E-state index is 0.146. The van der Waals surface area contributed by atoms with Crippen LogP contribution < -0.4 is 14.8 Å². The van der Waals surface area contributed by atoms with Crippen LogP contribution in [-0.2, 0) is 0 Å². The monoisotopic (exact) mass is 207 g/mol. The highest BCUT2D eigenvalue weighted by Crippen LogP contribution is 2.31. The summed E-state index contributed by atoms with van der Waals surface area (Å²) in [5, 5.41) is 2.89. The Kier molecular flexibility index (Phi) is 1.38. The predicted octanol–water partition coefficient (Wildman–Crippen LogP) is 0.828. The van der Waals surface area contributed by atoms with Crippen LogP contribution in [0.25, 0.3) is 0 Å². The zero-order valence-electron chi connectivity index (χ0n) is 11.0. The van der Waals surface area contributed by atoms with E-state index in [1.54, 1.807) is 18.2 Å². The molecule has 0 fully saturated rings. The quantitative estimate of drug-likeness (QED) is 0.741. The highest BCUT2D eigenvalue weighted by atomic mass is 16.6. The lowest BCUT2D eigenvalue weighted by molar-refractivity contribution is 0.133. The van der Waals surface area contributed by atoms with Gasteiger partial charge in [-0.1, -0.05) is 12.1 Å². The Hall–Kier alpha value is -1.71. The summed E-state index contributed by atoms with van der Waals surface area (Å²) in [6.07, 6.45) is -0.447. The van der Waals surface area contributed by atoms with E-state index in [0.29, 0.717) is 23.4 Å². The van der Waals surface area contributed by atoms with E-state index in [2.05, 4.69) is 10.3 Å². The third-order valence-corrected chi connectivity index (χ3v) is 2.30. The first-order valence-electron chi connectivity index (χ1n) is 6.27. The molecule has 1 N–H and O–H groups in total. The molecule has 0 spiro atoms. The first-order valence-corrected chi connectivity index (χ1v) is 4.77. The van der Waals surface area contributed by atoms with Crippen LogP contribution in [0.2, 0.25) is 0 Å². The molecule has 2 heterocycles. The molecule has 0 aromatic heterocycles. The SMILES string of the molecule is [2H]c1ccc2c(c1)OC(C1=NC([2H])([2H])CN1)CO2. The van der Waals surface area contributed by atoms with Crippen LogP contribution in [0.5, 0.6) is 11.5 Å². The average molecular weight is 207 g/mol. The molecule has 0 saturated heterocycles. The van der Waals surface area contributed by atoms with Gasteiger partial charge in [0.25, 0.3) is 0 Å². The van der Waals surface area contributed by atoms with Crippen LogP contribution in [0.1, 0.15) is 4.11 Å². The van der Waals surface area contributed by atoms with Gasteiger partial charge in [0.05, 0.1) is 10.6 Å². The first kappa shape index (κ1) is 6.00. The van der Waals surface area contributed by atoms with Crippen molar-refractivity contribution >= 4 is 5.84 Å². The lowest BCUT2D eigenvalue weighted by Gasteiger charge is -2.26. The third kappa shape index (κ3) is 1.52. The van der Waals surface area contributed by atoms with Gasteiger partial charge in [0, 0.05) is 6.54 Å². The zero-order chi connectivity index (χ0) is 12.8. The van der Waals surface area contributed by atoms with Crippen LogP contribution >= 0.6 is 0 Å². The summed E-state index contributed by atoms with van der Waals surface area (Å²) >= 11 is 0. The maximum Gasteiger partial charge on any atom is 0.189 e. The van der Waals surface area contributed by atoms with E-state index in [1.165, 1.54) is 0 Å². The van der Waals surface area contributed by atoms with E-state index in [9.17, 15) is 0 Å². The number of para-hydroxylation sites is 2. The Morgan fingerprint density at radius 1 is 1.53 bits per heavy atom. The Balaban J connectivity index is 1.83. The molecule has 0 aliphatic carbocycles. The number of hydrogen-bond acceptors (Lipinski definition) is 4. The Morgan fingerprint density at radius 2 is 2.53 bits per heavy atom.